The van der Waals surface area contributed by atoms with E-state index in [2.05, 4.69) is 4.99 Å². The SMILES string of the molecule is CCOC(=O)C1C=NCCc2c1n(C(=O)c1ccccc1F)c1ccc(-c3cccc(OC)c3)cc21. The van der Waals surface area contributed by atoms with Crippen LogP contribution in [0.2, 0.25) is 0 Å². The highest BCUT2D eigenvalue weighted by molar-refractivity contribution is 6.08. The van der Waals surface area contributed by atoms with Crippen LogP contribution in [-0.4, -0.2) is 42.9 Å². The molecule has 0 aliphatic carbocycles. The Kier molecular flexibility index (Phi) is 6.38. The van der Waals surface area contributed by atoms with Gasteiger partial charge in [0.25, 0.3) is 5.91 Å². The van der Waals surface area contributed by atoms with Crippen LogP contribution in [0.3, 0.4) is 0 Å². The molecule has 7 heteroatoms. The number of rotatable bonds is 5. The van der Waals surface area contributed by atoms with Crippen molar-refractivity contribution < 1.29 is 23.5 Å². The van der Waals surface area contributed by atoms with Crippen molar-refractivity contribution in [3.8, 4) is 16.9 Å². The summed E-state index contributed by atoms with van der Waals surface area (Å²) in [5, 5.41) is 0.815. The van der Waals surface area contributed by atoms with Gasteiger partial charge >= 0.3 is 5.97 Å². The van der Waals surface area contributed by atoms with Crippen molar-refractivity contribution in [2.45, 2.75) is 19.3 Å². The summed E-state index contributed by atoms with van der Waals surface area (Å²) in [6, 6.07) is 19.3. The van der Waals surface area contributed by atoms with E-state index >= 15 is 0 Å². The largest absolute Gasteiger partial charge is 0.497 e. The summed E-state index contributed by atoms with van der Waals surface area (Å²) in [6.07, 6.45) is 2.06. The summed E-state index contributed by atoms with van der Waals surface area (Å²) in [4.78, 5) is 31.2. The van der Waals surface area contributed by atoms with Gasteiger partial charge in [-0.05, 0) is 66.4 Å². The fourth-order valence-electron chi connectivity index (χ4n) is 4.75. The third-order valence-corrected chi connectivity index (χ3v) is 6.40. The monoisotopic (exact) mass is 484 g/mol. The summed E-state index contributed by atoms with van der Waals surface area (Å²) in [7, 11) is 1.62. The number of carbonyl (C=O) groups excluding carboxylic acids is 2. The van der Waals surface area contributed by atoms with Crippen LogP contribution in [0.4, 0.5) is 4.39 Å². The number of nitrogens with zero attached hydrogens (tertiary/aromatic N) is 2. The summed E-state index contributed by atoms with van der Waals surface area (Å²) in [5.41, 5.74) is 3.71. The zero-order valence-electron chi connectivity index (χ0n) is 20.0. The molecule has 3 aromatic carbocycles. The Hall–Kier alpha value is -4.26. The predicted octanol–water partition coefficient (Wildman–Crippen LogP) is 5.42. The van der Waals surface area contributed by atoms with E-state index in [9.17, 15) is 14.0 Å². The zero-order valence-corrected chi connectivity index (χ0v) is 20.0. The average Bonchev–Trinajstić information content (AvgIpc) is 3.05. The smallest absolute Gasteiger partial charge is 0.320 e. The van der Waals surface area contributed by atoms with E-state index < -0.39 is 23.6 Å². The lowest BCUT2D eigenvalue weighted by Gasteiger charge is -2.16. The van der Waals surface area contributed by atoms with Crippen LogP contribution in [0.5, 0.6) is 5.75 Å². The maximum atomic E-state index is 14.7. The molecule has 4 aromatic rings. The highest BCUT2D eigenvalue weighted by Crippen LogP contribution is 2.37. The van der Waals surface area contributed by atoms with Gasteiger partial charge in [-0.1, -0.05) is 30.3 Å². The molecule has 0 radical (unpaired) electrons. The van der Waals surface area contributed by atoms with Gasteiger partial charge in [-0.3, -0.25) is 19.1 Å². The van der Waals surface area contributed by atoms with Crippen LogP contribution < -0.4 is 4.74 Å². The molecule has 2 heterocycles. The molecule has 1 aliphatic heterocycles. The van der Waals surface area contributed by atoms with Crippen LogP contribution in [0.25, 0.3) is 22.0 Å². The normalized spacial score (nSPS) is 14.8. The van der Waals surface area contributed by atoms with Gasteiger partial charge in [0, 0.05) is 23.8 Å². The van der Waals surface area contributed by atoms with E-state index in [-0.39, 0.29) is 12.2 Å². The molecule has 1 atom stereocenters. The van der Waals surface area contributed by atoms with Gasteiger partial charge in [-0.15, -0.1) is 0 Å². The summed E-state index contributed by atoms with van der Waals surface area (Å²) >= 11 is 0. The number of halogens is 1. The van der Waals surface area contributed by atoms with Crippen LogP contribution in [0.1, 0.15) is 34.5 Å². The second kappa shape index (κ2) is 9.77. The Morgan fingerprint density at radius 2 is 1.86 bits per heavy atom. The van der Waals surface area contributed by atoms with Crippen LogP contribution >= 0.6 is 0 Å². The van der Waals surface area contributed by atoms with Crippen molar-refractivity contribution in [3.63, 3.8) is 0 Å². The van der Waals surface area contributed by atoms with Gasteiger partial charge in [-0.2, -0.15) is 0 Å². The number of carbonyl (C=O) groups is 2. The first-order valence-corrected chi connectivity index (χ1v) is 11.8. The Balaban J connectivity index is 1.78. The number of hydrogen-bond donors (Lipinski definition) is 0. The number of methoxy groups -OCH3 is 1. The van der Waals surface area contributed by atoms with Gasteiger partial charge in [0.1, 0.15) is 17.5 Å². The molecule has 5 rings (SSSR count). The van der Waals surface area contributed by atoms with Crippen molar-refractivity contribution in [1.82, 2.24) is 4.57 Å². The second-order valence-electron chi connectivity index (χ2n) is 8.48. The van der Waals surface area contributed by atoms with Crippen molar-refractivity contribution in [1.29, 1.82) is 0 Å². The van der Waals surface area contributed by atoms with E-state index in [4.69, 9.17) is 9.47 Å². The van der Waals surface area contributed by atoms with Crippen molar-refractivity contribution in [2.24, 2.45) is 4.99 Å². The minimum absolute atomic E-state index is 0.0714. The Morgan fingerprint density at radius 3 is 2.64 bits per heavy atom. The first-order chi connectivity index (χ1) is 17.5. The van der Waals surface area contributed by atoms with E-state index in [1.54, 1.807) is 20.1 Å². The summed E-state index contributed by atoms with van der Waals surface area (Å²) < 4.78 is 26.9. The first-order valence-electron chi connectivity index (χ1n) is 11.8. The van der Waals surface area contributed by atoms with Gasteiger partial charge in [0.2, 0.25) is 0 Å². The highest BCUT2D eigenvalue weighted by Gasteiger charge is 2.33. The molecule has 0 N–H and O–H groups in total. The van der Waals surface area contributed by atoms with E-state index in [1.165, 1.54) is 29.0 Å². The molecule has 1 aromatic heterocycles. The number of aromatic nitrogens is 1. The molecule has 0 fully saturated rings. The highest BCUT2D eigenvalue weighted by atomic mass is 19.1. The fraction of sp³-hybridized carbons (Fsp3) is 0.207. The van der Waals surface area contributed by atoms with E-state index in [1.807, 2.05) is 42.5 Å². The standard InChI is InChI=1S/C29H25FN2O4/c1-3-36-29(34)24-17-31-14-13-21-23-16-19(18-7-6-8-20(15-18)35-2)11-12-26(23)32(27(21)24)28(33)22-9-4-5-10-25(22)30/h4-12,15-17,24H,3,13-14H2,1-2H3. The third kappa shape index (κ3) is 4.06. The van der Waals surface area contributed by atoms with Crippen LogP contribution in [0.15, 0.2) is 71.7 Å². The molecule has 0 spiro atoms. The van der Waals surface area contributed by atoms with Gasteiger partial charge in [-0.25, -0.2) is 4.39 Å². The van der Waals surface area contributed by atoms with Crippen molar-refractivity contribution in [2.75, 3.05) is 20.3 Å². The number of esters is 1. The predicted molar refractivity (Wildman–Crippen MR) is 136 cm³/mol. The van der Waals surface area contributed by atoms with Gasteiger partial charge < -0.3 is 9.47 Å². The zero-order chi connectivity index (χ0) is 25.2. The fourth-order valence-corrected chi connectivity index (χ4v) is 4.75. The molecular weight excluding hydrogens is 459 g/mol. The Labute approximate surface area is 208 Å². The van der Waals surface area contributed by atoms with E-state index in [0.29, 0.717) is 24.2 Å². The maximum Gasteiger partial charge on any atom is 0.320 e. The third-order valence-electron chi connectivity index (χ3n) is 6.40. The number of ether oxygens (including phenoxy) is 2. The van der Waals surface area contributed by atoms with Crippen molar-refractivity contribution >= 4 is 29.0 Å². The van der Waals surface area contributed by atoms with Crippen LogP contribution in [0, 0.1) is 5.82 Å². The first kappa shape index (κ1) is 23.5. The molecule has 0 saturated carbocycles. The lowest BCUT2D eigenvalue weighted by atomic mass is 9.97. The van der Waals surface area contributed by atoms with Crippen LogP contribution in [-0.2, 0) is 16.0 Å². The maximum absolute atomic E-state index is 14.7. The topological polar surface area (TPSA) is 69.9 Å². The molecular formula is C29H25FN2O4. The summed E-state index contributed by atoms with van der Waals surface area (Å²) in [6.45, 7) is 2.38. The van der Waals surface area contributed by atoms with E-state index in [0.717, 1.165) is 27.8 Å². The molecule has 0 bridgehead atoms. The van der Waals surface area contributed by atoms with Gasteiger partial charge in [0.15, 0.2) is 0 Å². The molecule has 36 heavy (non-hydrogen) atoms. The number of benzene rings is 3. The lowest BCUT2D eigenvalue weighted by Crippen LogP contribution is -2.24. The lowest BCUT2D eigenvalue weighted by molar-refractivity contribution is -0.143. The minimum Gasteiger partial charge on any atom is -0.497 e. The molecule has 182 valence electrons. The number of hydrogen-bond acceptors (Lipinski definition) is 5. The van der Waals surface area contributed by atoms with Crippen molar-refractivity contribution in [3.05, 3.63) is 89.4 Å². The molecule has 6 nitrogen and oxygen atoms in total. The minimum atomic E-state index is -0.883. The Bertz CT molecular complexity index is 1500. The second-order valence-corrected chi connectivity index (χ2v) is 8.48. The summed E-state index contributed by atoms with van der Waals surface area (Å²) in [5.74, 6) is -1.82. The molecule has 0 amide bonds. The number of aliphatic imine (C=N–C) groups is 1. The molecule has 0 saturated heterocycles. The molecule has 1 unspecified atom stereocenters. The number of fused-ring (bicyclic) bond motifs is 3. The van der Waals surface area contributed by atoms with Gasteiger partial charge in [0.05, 0.1) is 24.8 Å². The molecule has 1 aliphatic rings. The quantitative estimate of drug-likeness (QED) is 0.355. The average molecular weight is 485 g/mol. The Morgan fingerprint density at radius 1 is 1.06 bits per heavy atom.